The van der Waals surface area contributed by atoms with Crippen molar-refractivity contribution in [3.63, 3.8) is 0 Å². The summed E-state index contributed by atoms with van der Waals surface area (Å²) >= 11 is 0. The fraction of sp³-hybridized carbons (Fsp3) is 0.400. The van der Waals surface area contributed by atoms with Crippen LogP contribution in [-0.4, -0.2) is 20.2 Å². The zero-order valence-corrected chi connectivity index (χ0v) is 17.7. The van der Waals surface area contributed by atoms with Gasteiger partial charge in [-0.25, -0.2) is 9.18 Å². The van der Waals surface area contributed by atoms with Crippen LogP contribution in [-0.2, 0) is 27.3 Å². The van der Waals surface area contributed by atoms with Crippen LogP contribution >= 0.6 is 0 Å². The van der Waals surface area contributed by atoms with Gasteiger partial charge in [-0.15, -0.1) is 0 Å². The average molecular weight is 413 g/mol. The Hall–Kier alpha value is -2.82. The third-order valence-electron chi connectivity index (χ3n) is 5.60. The van der Waals surface area contributed by atoms with E-state index in [4.69, 9.17) is 14.2 Å². The number of hydrogen-bond acceptors (Lipinski definition) is 4. The topological polar surface area (TPSA) is 44.8 Å². The molecular weight excluding hydrogens is 383 g/mol. The predicted molar refractivity (Wildman–Crippen MR) is 114 cm³/mol. The summed E-state index contributed by atoms with van der Waals surface area (Å²) in [5.41, 5.74) is 2.48. The first-order chi connectivity index (χ1) is 14.6. The predicted octanol–water partition coefficient (Wildman–Crippen LogP) is 5.69. The summed E-state index contributed by atoms with van der Waals surface area (Å²) in [4.78, 5) is 12.1. The Kier molecular flexibility index (Phi) is 7.89. The van der Waals surface area contributed by atoms with Crippen LogP contribution in [0, 0.1) is 11.7 Å². The maximum Gasteiger partial charge on any atom is 0.341 e. The molecule has 1 aliphatic carbocycles. The van der Waals surface area contributed by atoms with E-state index < -0.39 is 5.97 Å². The van der Waals surface area contributed by atoms with Crippen LogP contribution in [0.1, 0.15) is 48.8 Å². The Morgan fingerprint density at radius 2 is 1.83 bits per heavy atom. The fourth-order valence-electron chi connectivity index (χ4n) is 4.01. The van der Waals surface area contributed by atoms with Crippen LogP contribution in [0.3, 0.4) is 0 Å². The number of carbonyl (C=O) groups excluding carboxylic acids is 1. The molecule has 2 aromatic rings. The van der Waals surface area contributed by atoms with Crippen molar-refractivity contribution in [1.29, 1.82) is 0 Å². The highest BCUT2D eigenvalue weighted by atomic mass is 19.1. The summed E-state index contributed by atoms with van der Waals surface area (Å²) in [6.45, 7) is 0.190. The third-order valence-corrected chi connectivity index (χ3v) is 5.60. The van der Waals surface area contributed by atoms with Gasteiger partial charge in [0.2, 0.25) is 0 Å². The molecule has 5 heteroatoms. The molecular formula is C25H29FO4. The molecule has 30 heavy (non-hydrogen) atoms. The van der Waals surface area contributed by atoms with Gasteiger partial charge in [-0.05, 0) is 35.1 Å². The summed E-state index contributed by atoms with van der Waals surface area (Å²) in [6, 6.07) is 12.4. The summed E-state index contributed by atoms with van der Waals surface area (Å²) in [7, 11) is 2.79. The first kappa shape index (κ1) is 21.9. The lowest BCUT2D eigenvalue weighted by Crippen LogP contribution is -2.10. The van der Waals surface area contributed by atoms with Crippen molar-refractivity contribution in [3.05, 3.63) is 71.2 Å². The number of carbonyl (C=O) groups is 1. The molecule has 0 atom stereocenters. The molecule has 0 N–H and O–H groups in total. The second kappa shape index (κ2) is 10.8. The molecule has 1 fully saturated rings. The molecule has 0 saturated heterocycles. The Balaban J connectivity index is 1.70. The molecule has 3 rings (SSSR count). The maximum atomic E-state index is 14.6. The fourth-order valence-corrected chi connectivity index (χ4v) is 4.01. The molecule has 0 amide bonds. The van der Waals surface area contributed by atoms with Crippen molar-refractivity contribution in [3.8, 4) is 5.75 Å². The molecule has 1 saturated carbocycles. The minimum atomic E-state index is -0.498. The van der Waals surface area contributed by atoms with Crippen LogP contribution in [0.5, 0.6) is 5.75 Å². The summed E-state index contributed by atoms with van der Waals surface area (Å²) in [5.74, 6) is 0.324. The summed E-state index contributed by atoms with van der Waals surface area (Å²) in [6.07, 6.45) is 8.31. The molecule has 0 aliphatic heterocycles. The third kappa shape index (κ3) is 5.62. The van der Waals surface area contributed by atoms with Crippen molar-refractivity contribution in [2.45, 2.75) is 45.1 Å². The quantitative estimate of drug-likeness (QED) is 0.317. The van der Waals surface area contributed by atoms with Crippen molar-refractivity contribution in [1.82, 2.24) is 0 Å². The van der Waals surface area contributed by atoms with Gasteiger partial charge in [0.1, 0.15) is 23.7 Å². The van der Waals surface area contributed by atoms with Crippen LogP contribution in [0.25, 0.3) is 5.57 Å². The first-order valence-corrected chi connectivity index (χ1v) is 10.4. The monoisotopic (exact) mass is 412 g/mol. The molecule has 4 nitrogen and oxygen atoms in total. The van der Waals surface area contributed by atoms with Gasteiger partial charge in [-0.2, -0.15) is 0 Å². The summed E-state index contributed by atoms with van der Waals surface area (Å²) in [5, 5.41) is 0. The number of ether oxygens (including phenoxy) is 3. The van der Waals surface area contributed by atoms with E-state index in [2.05, 4.69) is 0 Å². The van der Waals surface area contributed by atoms with Crippen LogP contribution < -0.4 is 4.74 Å². The van der Waals surface area contributed by atoms with Gasteiger partial charge in [-0.1, -0.05) is 62.4 Å². The second-order valence-corrected chi connectivity index (χ2v) is 7.67. The number of esters is 1. The van der Waals surface area contributed by atoms with E-state index >= 15 is 0 Å². The molecule has 0 bridgehead atoms. The van der Waals surface area contributed by atoms with E-state index in [1.54, 1.807) is 6.07 Å². The van der Waals surface area contributed by atoms with Gasteiger partial charge in [0, 0.05) is 6.07 Å². The molecule has 0 unspecified atom stereocenters. The summed E-state index contributed by atoms with van der Waals surface area (Å²) < 4.78 is 30.4. The Bertz CT molecular complexity index is 884. The maximum absolute atomic E-state index is 14.6. The normalized spacial score (nSPS) is 15.0. The van der Waals surface area contributed by atoms with E-state index in [1.165, 1.54) is 58.7 Å². The SMILES string of the molecule is CO/C=C(/C(=O)OC)c1ccccc1COc1ccc(CC2CCCCC2)c(F)c1. The van der Waals surface area contributed by atoms with Gasteiger partial charge >= 0.3 is 5.97 Å². The zero-order chi connectivity index (χ0) is 21.3. The first-order valence-electron chi connectivity index (χ1n) is 10.4. The molecule has 0 aromatic heterocycles. The lowest BCUT2D eigenvalue weighted by molar-refractivity contribution is -0.133. The minimum Gasteiger partial charge on any atom is -0.503 e. The van der Waals surface area contributed by atoms with Crippen LogP contribution in [0.4, 0.5) is 4.39 Å². The van der Waals surface area contributed by atoms with Crippen LogP contribution in [0.15, 0.2) is 48.7 Å². The molecule has 0 spiro atoms. The average Bonchev–Trinajstić information content (AvgIpc) is 2.78. The van der Waals surface area contributed by atoms with Crippen molar-refractivity contribution in [2.75, 3.05) is 14.2 Å². The second-order valence-electron chi connectivity index (χ2n) is 7.67. The molecule has 160 valence electrons. The van der Waals surface area contributed by atoms with Gasteiger partial charge in [-0.3, -0.25) is 0 Å². The smallest absolute Gasteiger partial charge is 0.341 e. The van der Waals surface area contributed by atoms with E-state index in [-0.39, 0.29) is 12.4 Å². The molecule has 1 aliphatic rings. The number of methoxy groups -OCH3 is 2. The number of benzene rings is 2. The van der Waals surface area contributed by atoms with Crippen molar-refractivity contribution >= 4 is 11.5 Å². The van der Waals surface area contributed by atoms with E-state index in [0.717, 1.165) is 17.5 Å². The highest BCUT2D eigenvalue weighted by Crippen LogP contribution is 2.29. The van der Waals surface area contributed by atoms with Gasteiger partial charge in [0.25, 0.3) is 0 Å². The van der Waals surface area contributed by atoms with E-state index in [0.29, 0.717) is 22.8 Å². The molecule has 0 radical (unpaired) electrons. The zero-order valence-electron chi connectivity index (χ0n) is 17.7. The van der Waals surface area contributed by atoms with Gasteiger partial charge in [0.15, 0.2) is 0 Å². The van der Waals surface area contributed by atoms with E-state index in [9.17, 15) is 9.18 Å². The van der Waals surface area contributed by atoms with Crippen molar-refractivity contribution in [2.24, 2.45) is 5.92 Å². The van der Waals surface area contributed by atoms with Gasteiger partial charge in [0.05, 0.1) is 20.5 Å². The highest BCUT2D eigenvalue weighted by molar-refractivity contribution is 6.16. The number of hydrogen-bond donors (Lipinski definition) is 0. The highest BCUT2D eigenvalue weighted by Gasteiger charge is 2.18. The minimum absolute atomic E-state index is 0.190. The van der Waals surface area contributed by atoms with Crippen molar-refractivity contribution < 1.29 is 23.4 Å². The standard InChI is InChI=1S/C25H29FO4/c1-28-17-23(25(27)29-2)22-11-7-6-10-20(22)16-30-21-13-12-19(24(26)15-21)14-18-8-4-3-5-9-18/h6-7,10-13,15,17-18H,3-5,8-9,14,16H2,1-2H3/b23-17+. The Morgan fingerprint density at radius 3 is 2.53 bits per heavy atom. The Labute approximate surface area is 177 Å². The van der Waals surface area contributed by atoms with Crippen LogP contribution in [0.2, 0.25) is 0 Å². The number of rotatable bonds is 8. The molecule has 2 aromatic carbocycles. The lowest BCUT2D eigenvalue weighted by atomic mass is 9.85. The number of halogens is 1. The largest absolute Gasteiger partial charge is 0.503 e. The molecule has 0 heterocycles. The Morgan fingerprint density at radius 1 is 1.07 bits per heavy atom. The lowest BCUT2D eigenvalue weighted by Gasteiger charge is -2.21. The van der Waals surface area contributed by atoms with E-state index in [1.807, 2.05) is 30.3 Å². The van der Waals surface area contributed by atoms with Gasteiger partial charge < -0.3 is 14.2 Å².